The molecule has 0 unspecified atom stereocenters. The highest BCUT2D eigenvalue weighted by atomic mass is 32.1. The van der Waals surface area contributed by atoms with E-state index >= 15 is 0 Å². The number of thiocarbonyl (C=S) groups is 1. The van der Waals surface area contributed by atoms with Crippen molar-refractivity contribution in [3.63, 3.8) is 0 Å². The molecule has 0 radical (unpaired) electrons. The van der Waals surface area contributed by atoms with Gasteiger partial charge in [-0.1, -0.05) is 18.3 Å². The van der Waals surface area contributed by atoms with Crippen LogP contribution in [-0.4, -0.2) is 22.5 Å². The Morgan fingerprint density at radius 3 is 2.64 bits per heavy atom. The van der Waals surface area contributed by atoms with Gasteiger partial charge in [0.15, 0.2) is 0 Å². The predicted octanol–water partition coefficient (Wildman–Crippen LogP) is 2.92. The summed E-state index contributed by atoms with van der Waals surface area (Å²) >= 11 is 4.86. The van der Waals surface area contributed by atoms with E-state index in [9.17, 15) is 27.5 Å². The first kappa shape index (κ1) is 16.2. The molecule has 0 bridgehead atoms. The van der Waals surface area contributed by atoms with Gasteiger partial charge >= 0.3 is 6.18 Å². The van der Waals surface area contributed by atoms with Gasteiger partial charge in [-0.3, -0.25) is 4.79 Å². The van der Waals surface area contributed by atoms with Crippen LogP contribution in [0.5, 0.6) is 0 Å². The smallest absolute Gasteiger partial charge is 0.421 e. The van der Waals surface area contributed by atoms with Crippen LogP contribution in [0.4, 0.5) is 23.2 Å². The molecule has 0 fully saturated rings. The number of rotatable bonds is 2. The highest BCUT2D eigenvalue weighted by Crippen LogP contribution is 2.37. The molecule has 22 heavy (non-hydrogen) atoms. The van der Waals surface area contributed by atoms with Crippen LogP contribution in [0.2, 0.25) is 0 Å². The summed E-state index contributed by atoms with van der Waals surface area (Å²) in [5, 5.41) is 14.3. The Morgan fingerprint density at radius 1 is 1.36 bits per heavy atom. The van der Waals surface area contributed by atoms with Gasteiger partial charge in [0.05, 0.1) is 5.69 Å². The maximum atomic E-state index is 13.4. The Labute approximate surface area is 127 Å². The van der Waals surface area contributed by atoms with E-state index in [0.29, 0.717) is 6.07 Å². The van der Waals surface area contributed by atoms with Crippen molar-refractivity contribution >= 4 is 28.8 Å². The first-order chi connectivity index (χ1) is 10.2. The molecule has 9 heteroatoms. The zero-order valence-electron chi connectivity index (χ0n) is 10.9. The number of carbonyl (C=O) groups is 1. The number of nitrogens with one attached hydrogen (secondary N) is 2. The van der Waals surface area contributed by atoms with Crippen molar-refractivity contribution < 1.29 is 27.5 Å². The molecule has 0 saturated carbocycles. The molecule has 1 aromatic carbocycles. The van der Waals surface area contributed by atoms with Crippen molar-refractivity contribution in [2.24, 2.45) is 0 Å². The molecule has 0 spiro atoms. The van der Waals surface area contributed by atoms with E-state index < -0.39 is 34.1 Å². The second kappa shape index (κ2) is 5.91. The monoisotopic (exact) mass is 334 g/mol. The SMILES string of the molecule is O=C1NCCC(O)=C1C(=S)Nc1cccc(F)c1C(F)(F)F. The van der Waals surface area contributed by atoms with Gasteiger partial charge in [0.1, 0.15) is 27.7 Å². The number of amides is 1. The maximum Gasteiger partial charge on any atom is 0.421 e. The first-order valence-corrected chi connectivity index (χ1v) is 6.50. The molecule has 118 valence electrons. The number of hydrogen-bond acceptors (Lipinski definition) is 3. The predicted molar refractivity (Wildman–Crippen MR) is 74.9 cm³/mol. The van der Waals surface area contributed by atoms with E-state index in [1.54, 1.807) is 0 Å². The fraction of sp³-hybridized carbons (Fsp3) is 0.231. The molecule has 2 rings (SSSR count). The van der Waals surface area contributed by atoms with Crippen molar-refractivity contribution in [2.45, 2.75) is 12.6 Å². The lowest BCUT2D eigenvalue weighted by molar-refractivity contribution is -0.139. The zero-order chi connectivity index (χ0) is 16.5. The van der Waals surface area contributed by atoms with E-state index in [2.05, 4.69) is 10.6 Å². The van der Waals surface area contributed by atoms with Crippen LogP contribution in [-0.2, 0) is 11.0 Å². The summed E-state index contributed by atoms with van der Waals surface area (Å²) in [6, 6.07) is 2.72. The number of aliphatic hydroxyl groups is 1. The number of aliphatic hydroxyl groups excluding tert-OH is 1. The van der Waals surface area contributed by atoms with Crippen LogP contribution >= 0.6 is 12.2 Å². The highest BCUT2D eigenvalue weighted by molar-refractivity contribution is 7.81. The summed E-state index contributed by atoms with van der Waals surface area (Å²) in [5.74, 6) is -2.50. The largest absolute Gasteiger partial charge is 0.511 e. The first-order valence-electron chi connectivity index (χ1n) is 6.09. The molecule has 3 N–H and O–H groups in total. The summed E-state index contributed by atoms with van der Waals surface area (Å²) in [4.78, 5) is 11.2. The average Bonchev–Trinajstić information content (AvgIpc) is 2.36. The van der Waals surface area contributed by atoms with Crippen LogP contribution in [0.25, 0.3) is 0 Å². The third-order valence-corrected chi connectivity index (χ3v) is 3.24. The molecule has 0 aromatic heterocycles. The van der Waals surface area contributed by atoms with Gasteiger partial charge in [0.2, 0.25) is 0 Å². The Morgan fingerprint density at radius 2 is 2.05 bits per heavy atom. The van der Waals surface area contributed by atoms with Crippen molar-refractivity contribution in [3.05, 3.63) is 40.9 Å². The van der Waals surface area contributed by atoms with Crippen molar-refractivity contribution in [3.8, 4) is 0 Å². The number of benzene rings is 1. The number of halogens is 4. The van der Waals surface area contributed by atoms with E-state index in [0.717, 1.165) is 12.1 Å². The summed E-state index contributed by atoms with van der Waals surface area (Å²) < 4.78 is 52.1. The van der Waals surface area contributed by atoms with Crippen LogP contribution < -0.4 is 10.6 Å². The summed E-state index contributed by atoms with van der Waals surface area (Å²) in [5.41, 5.74) is -2.47. The molecule has 1 aromatic rings. The van der Waals surface area contributed by atoms with Crippen LogP contribution in [0.3, 0.4) is 0 Å². The van der Waals surface area contributed by atoms with Crippen molar-refractivity contribution in [2.75, 3.05) is 11.9 Å². The zero-order valence-corrected chi connectivity index (χ0v) is 11.7. The fourth-order valence-corrected chi connectivity index (χ4v) is 2.29. The minimum Gasteiger partial charge on any atom is -0.511 e. The van der Waals surface area contributed by atoms with Crippen LogP contribution in [0.1, 0.15) is 12.0 Å². The second-order valence-corrected chi connectivity index (χ2v) is 4.85. The highest BCUT2D eigenvalue weighted by Gasteiger charge is 2.37. The van der Waals surface area contributed by atoms with E-state index in [4.69, 9.17) is 12.2 Å². The Hall–Kier alpha value is -2.16. The maximum absolute atomic E-state index is 13.4. The number of hydrogen-bond donors (Lipinski definition) is 3. The molecule has 1 amide bonds. The van der Waals surface area contributed by atoms with Gasteiger partial charge in [0, 0.05) is 13.0 Å². The van der Waals surface area contributed by atoms with Gasteiger partial charge in [0.25, 0.3) is 5.91 Å². The molecule has 0 aliphatic carbocycles. The Bertz CT molecular complexity index is 670. The molecular weight excluding hydrogens is 324 g/mol. The average molecular weight is 334 g/mol. The molecule has 1 aliphatic rings. The number of alkyl halides is 3. The summed E-state index contributed by atoms with van der Waals surface area (Å²) in [6.07, 6.45) is -4.83. The van der Waals surface area contributed by atoms with Gasteiger partial charge in [-0.25, -0.2) is 4.39 Å². The van der Waals surface area contributed by atoms with Crippen LogP contribution in [0, 0.1) is 5.82 Å². The fourth-order valence-electron chi connectivity index (χ4n) is 1.97. The molecule has 4 nitrogen and oxygen atoms in total. The number of carbonyl (C=O) groups excluding carboxylic acids is 1. The third kappa shape index (κ3) is 3.19. The normalized spacial score (nSPS) is 15.5. The summed E-state index contributed by atoms with van der Waals surface area (Å²) in [6.45, 7) is 0.199. The molecule has 1 heterocycles. The second-order valence-electron chi connectivity index (χ2n) is 4.44. The minimum atomic E-state index is -4.94. The summed E-state index contributed by atoms with van der Waals surface area (Å²) in [7, 11) is 0. The third-order valence-electron chi connectivity index (χ3n) is 2.94. The lowest BCUT2D eigenvalue weighted by Gasteiger charge is -2.20. The van der Waals surface area contributed by atoms with Crippen molar-refractivity contribution in [1.29, 1.82) is 0 Å². The minimum absolute atomic E-state index is 0.109. The van der Waals surface area contributed by atoms with E-state index in [1.165, 1.54) is 0 Å². The lowest BCUT2D eigenvalue weighted by Crippen LogP contribution is -2.36. The molecular formula is C13H10F4N2O2S. The number of anilines is 1. The molecule has 1 aliphatic heterocycles. The topological polar surface area (TPSA) is 61.4 Å². The molecule has 0 atom stereocenters. The van der Waals surface area contributed by atoms with Crippen molar-refractivity contribution in [1.82, 2.24) is 5.32 Å². The van der Waals surface area contributed by atoms with Gasteiger partial charge in [-0.05, 0) is 12.1 Å². The van der Waals surface area contributed by atoms with E-state index in [-0.39, 0.29) is 24.3 Å². The van der Waals surface area contributed by atoms with Gasteiger partial charge in [-0.15, -0.1) is 0 Å². The van der Waals surface area contributed by atoms with Gasteiger partial charge in [-0.2, -0.15) is 13.2 Å². The molecule has 0 saturated heterocycles. The van der Waals surface area contributed by atoms with Gasteiger partial charge < -0.3 is 15.7 Å². The quantitative estimate of drug-likeness (QED) is 0.575. The standard InChI is InChI=1S/C13H10F4N2O2S/c14-6-2-1-3-7(10(6)13(15,16)17)19-12(22)9-8(20)4-5-18-11(9)21/h1-3,20H,4-5H2,(H,18,21)(H,19,22). The Kier molecular flexibility index (Phi) is 4.36. The van der Waals surface area contributed by atoms with E-state index in [1.807, 2.05) is 0 Å². The lowest BCUT2D eigenvalue weighted by atomic mass is 10.1. The van der Waals surface area contributed by atoms with Crippen LogP contribution in [0.15, 0.2) is 29.5 Å². The Balaban J connectivity index is 2.38.